The highest BCUT2D eigenvalue weighted by molar-refractivity contribution is 5.97. The molecule has 324 valence electrons. The van der Waals surface area contributed by atoms with Gasteiger partial charge in [0, 0.05) is 35.7 Å². The first-order chi connectivity index (χ1) is 29.8. The number of aromatic amines is 1. The highest BCUT2D eigenvalue weighted by Gasteiger charge is 2.46. The van der Waals surface area contributed by atoms with E-state index in [0.29, 0.717) is 17.9 Å². The maximum Gasteiger partial charge on any atom is 0.330 e. The number of ether oxygens (including phenoxy) is 4. The van der Waals surface area contributed by atoms with Gasteiger partial charge >= 0.3 is 5.69 Å². The molecule has 0 radical (unpaired) electrons. The first kappa shape index (κ1) is 43.8. The van der Waals surface area contributed by atoms with Gasteiger partial charge in [0.05, 0.1) is 32.4 Å². The summed E-state index contributed by atoms with van der Waals surface area (Å²) in [7, 11) is 3.20. The van der Waals surface area contributed by atoms with Gasteiger partial charge in [0.15, 0.2) is 0 Å². The van der Waals surface area contributed by atoms with Crippen LogP contribution in [0.1, 0.15) is 84.2 Å². The molecule has 13 heteroatoms. The van der Waals surface area contributed by atoms with E-state index >= 15 is 0 Å². The summed E-state index contributed by atoms with van der Waals surface area (Å²) in [5, 5.41) is 15.3. The Labute approximate surface area is 360 Å². The summed E-state index contributed by atoms with van der Waals surface area (Å²) in [6.45, 7) is 7.71. The fourth-order valence-corrected chi connectivity index (χ4v) is 8.55. The number of H-pyrrole nitrogens is 1. The van der Waals surface area contributed by atoms with Crippen LogP contribution in [-0.2, 0) is 21.5 Å². The molecule has 0 saturated carbocycles. The van der Waals surface area contributed by atoms with Gasteiger partial charge in [0.1, 0.15) is 35.0 Å². The van der Waals surface area contributed by atoms with Crippen molar-refractivity contribution in [1.29, 1.82) is 0 Å². The summed E-state index contributed by atoms with van der Waals surface area (Å²) in [6.07, 6.45) is 1.92. The first-order valence-corrected chi connectivity index (χ1v) is 20.9. The molecule has 6 aromatic rings. The van der Waals surface area contributed by atoms with Gasteiger partial charge in [-0.1, -0.05) is 107 Å². The van der Waals surface area contributed by atoms with Gasteiger partial charge in [0.25, 0.3) is 11.5 Å². The summed E-state index contributed by atoms with van der Waals surface area (Å²) in [5.41, 5.74) is 0.339. The standard InChI is InChI=1S/C49H54N4O9/c1-7-26-48(3,4)46(57)52-28-32(38-15-11-12-16-40(38)52)25-27-50-43(55)39-29-53(47(58)51-44(39)56)45-31(2)42(54)41(62-45)30-61-49(33-13-9-8-10-14-33,34-17-21-36(59-5)22-18-34)35-19-23-37(60-6)24-20-35/h8-24,28-29,31,41-42,45,54H,7,25-27,30H2,1-6H3,(H,50,55)(H,51,56,58)/t31-,41+,42?,45+/m0/s1. The quantitative estimate of drug-likeness (QED) is 0.0885. The van der Waals surface area contributed by atoms with E-state index in [4.69, 9.17) is 18.9 Å². The van der Waals surface area contributed by atoms with Crippen molar-refractivity contribution >= 4 is 22.7 Å². The van der Waals surface area contributed by atoms with Crippen molar-refractivity contribution in [1.82, 2.24) is 19.4 Å². The highest BCUT2D eigenvalue weighted by atomic mass is 16.6. The van der Waals surface area contributed by atoms with E-state index in [-0.39, 0.29) is 24.6 Å². The maximum absolute atomic E-state index is 13.6. The number of hydrogen-bond acceptors (Lipinski definition) is 9. The Bertz CT molecular complexity index is 2580. The van der Waals surface area contributed by atoms with Gasteiger partial charge < -0.3 is 29.4 Å². The van der Waals surface area contributed by atoms with Crippen molar-refractivity contribution in [2.24, 2.45) is 11.3 Å². The van der Waals surface area contributed by atoms with Crippen LogP contribution in [0.3, 0.4) is 0 Å². The zero-order valence-electron chi connectivity index (χ0n) is 35.9. The molecule has 62 heavy (non-hydrogen) atoms. The zero-order valence-corrected chi connectivity index (χ0v) is 35.9. The van der Waals surface area contributed by atoms with Gasteiger partial charge in [-0.15, -0.1) is 0 Å². The van der Waals surface area contributed by atoms with Gasteiger partial charge in [0.2, 0.25) is 5.91 Å². The minimum atomic E-state index is -1.19. The van der Waals surface area contributed by atoms with Gasteiger partial charge in [-0.2, -0.15) is 0 Å². The number of nitrogens with one attached hydrogen (secondary N) is 2. The number of rotatable bonds is 16. The zero-order chi connectivity index (χ0) is 44.2. The number of amides is 1. The minimum absolute atomic E-state index is 0.00750. The molecule has 13 nitrogen and oxygen atoms in total. The molecule has 0 aliphatic carbocycles. The van der Waals surface area contributed by atoms with Crippen LogP contribution in [0.25, 0.3) is 10.9 Å². The minimum Gasteiger partial charge on any atom is -0.497 e. The molecule has 2 aromatic heterocycles. The number of methoxy groups -OCH3 is 2. The summed E-state index contributed by atoms with van der Waals surface area (Å²) < 4.78 is 27.2. The number of aromatic nitrogens is 3. The van der Waals surface area contributed by atoms with Crippen LogP contribution >= 0.6 is 0 Å². The first-order valence-electron chi connectivity index (χ1n) is 20.9. The van der Waals surface area contributed by atoms with Crippen LogP contribution in [0, 0.1) is 11.3 Å². The number of fused-ring (bicyclic) bond motifs is 1. The fourth-order valence-electron chi connectivity index (χ4n) is 8.55. The van der Waals surface area contributed by atoms with Gasteiger partial charge in [-0.3, -0.25) is 28.5 Å². The molecule has 1 saturated heterocycles. The Morgan fingerprint density at radius 3 is 2.05 bits per heavy atom. The Hall–Kier alpha value is -6.28. The molecule has 1 unspecified atom stereocenters. The van der Waals surface area contributed by atoms with Gasteiger partial charge in [-0.25, -0.2) is 4.79 Å². The lowest BCUT2D eigenvalue weighted by molar-refractivity contribution is -0.0948. The topological polar surface area (TPSA) is 163 Å². The third-order valence-corrected chi connectivity index (χ3v) is 12.0. The van der Waals surface area contributed by atoms with Crippen LogP contribution in [0.2, 0.25) is 0 Å². The third-order valence-electron chi connectivity index (χ3n) is 12.0. The number of aliphatic hydroxyl groups is 1. The smallest absolute Gasteiger partial charge is 0.330 e. The van der Waals surface area contributed by atoms with E-state index < -0.39 is 52.5 Å². The van der Waals surface area contributed by atoms with E-state index in [2.05, 4.69) is 17.2 Å². The van der Waals surface area contributed by atoms with Crippen LogP contribution in [-0.4, -0.2) is 70.6 Å². The number of benzene rings is 4. The number of nitrogens with zero attached hydrogens (tertiary/aromatic N) is 2. The second-order valence-electron chi connectivity index (χ2n) is 16.4. The predicted molar refractivity (Wildman–Crippen MR) is 236 cm³/mol. The third kappa shape index (κ3) is 8.48. The van der Waals surface area contributed by atoms with E-state index in [9.17, 15) is 24.3 Å². The number of aliphatic hydroxyl groups excluding tert-OH is 1. The molecule has 3 N–H and O–H groups in total. The second-order valence-corrected chi connectivity index (χ2v) is 16.4. The summed E-state index contributed by atoms with van der Waals surface area (Å²) >= 11 is 0. The number of para-hydroxylation sites is 1. The Kier molecular flexibility index (Phi) is 13.0. The molecular formula is C49H54N4O9. The summed E-state index contributed by atoms with van der Waals surface area (Å²) in [5.74, 6) is -0.0223. The molecule has 0 bridgehead atoms. The van der Waals surface area contributed by atoms with Crippen LogP contribution < -0.4 is 26.0 Å². The lowest BCUT2D eigenvalue weighted by atomic mass is 9.80. The molecule has 0 spiro atoms. The molecular weight excluding hydrogens is 789 g/mol. The lowest BCUT2D eigenvalue weighted by Gasteiger charge is -2.37. The molecule has 3 heterocycles. The fraction of sp³-hybridized carbons (Fsp3) is 0.347. The van der Waals surface area contributed by atoms with E-state index in [1.807, 2.05) is 123 Å². The average molecular weight is 843 g/mol. The van der Waals surface area contributed by atoms with E-state index in [1.165, 1.54) is 6.20 Å². The molecule has 1 fully saturated rings. The SMILES string of the molecule is CCCC(C)(C)C(=O)n1cc(CCNC(=O)c2cn([C@@H]3O[C@H](COC(c4ccccc4)(c4ccc(OC)cc4)c4ccc(OC)cc4)C(O)[C@@H]3C)c(=O)[nH]c2=O)c2ccccc21. The van der Waals surface area contributed by atoms with E-state index in [0.717, 1.165) is 50.6 Å². The molecule has 7 rings (SSSR count). The molecule has 4 aromatic carbocycles. The van der Waals surface area contributed by atoms with Crippen molar-refractivity contribution in [2.45, 2.75) is 71.0 Å². The van der Waals surface area contributed by atoms with Crippen LogP contribution in [0.5, 0.6) is 11.5 Å². The van der Waals surface area contributed by atoms with Crippen molar-refractivity contribution < 1.29 is 33.6 Å². The highest BCUT2D eigenvalue weighted by Crippen LogP contribution is 2.43. The largest absolute Gasteiger partial charge is 0.497 e. The van der Waals surface area contributed by atoms with Crippen LogP contribution in [0.15, 0.2) is 125 Å². The normalized spacial score (nSPS) is 17.9. The van der Waals surface area contributed by atoms with Crippen molar-refractivity contribution in [3.8, 4) is 11.5 Å². The van der Waals surface area contributed by atoms with Gasteiger partial charge in [-0.05, 0) is 65.4 Å². The number of hydrogen-bond donors (Lipinski definition) is 3. The average Bonchev–Trinajstić information content (AvgIpc) is 3.79. The summed E-state index contributed by atoms with van der Waals surface area (Å²) in [6, 6.07) is 32.4. The van der Waals surface area contributed by atoms with Crippen molar-refractivity contribution in [3.63, 3.8) is 0 Å². The number of carbonyl (C=O) groups excluding carboxylic acids is 2. The molecule has 1 aliphatic heterocycles. The Balaban J connectivity index is 1.12. The second kappa shape index (κ2) is 18.4. The predicted octanol–water partition coefficient (Wildman–Crippen LogP) is 6.85. The molecule has 1 aliphatic rings. The lowest BCUT2D eigenvalue weighted by Crippen LogP contribution is -2.39. The molecule has 4 atom stereocenters. The summed E-state index contributed by atoms with van der Waals surface area (Å²) in [4.78, 5) is 55.9. The van der Waals surface area contributed by atoms with Crippen molar-refractivity contribution in [2.75, 3.05) is 27.4 Å². The number of carbonyl (C=O) groups is 2. The molecule has 1 amide bonds. The maximum atomic E-state index is 13.6. The Morgan fingerprint density at radius 2 is 1.44 bits per heavy atom. The van der Waals surface area contributed by atoms with Crippen LogP contribution in [0.4, 0.5) is 0 Å². The monoisotopic (exact) mass is 842 g/mol. The Morgan fingerprint density at radius 1 is 0.839 bits per heavy atom. The van der Waals surface area contributed by atoms with E-state index in [1.54, 1.807) is 25.7 Å². The van der Waals surface area contributed by atoms with Crippen molar-refractivity contribution in [3.05, 3.63) is 164 Å².